The van der Waals surface area contributed by atoms with Crippen LogP contribution in [-0.4, -0.2) is 22.1 Å². The average Bonchev–Trinajstić information content (AvgIpc) is 3.02. The number of carbonyl (C=O) groups excluding carboxylic acids is 1. The standard InChI is InChI=1S/C14H14ClN3O/c1-2-18-13(11(15)8-17-18)14(19)10-4-3-9-5-6-16-12(9)7-10/h3-4,7-8,16H,2,5-6H2,1H3. The van der Waals surface area contributed by atoms with Crippen molar-refractivity contribution < 1.29 is 4.79 Å². The number of anilines is 1. The van der Waals surface area contributed by atoms with E-state index >= 15 is 0 Å². The van der Waals surface area contributed by atoms with E-state index in [0.29, 0.717) is 22.8 Å². The Hall–Kier alpha value is -1.81. The van der Waals surface area contributed by atoms with Gasteiger partial charge in [0.15, 0.2) is 0 Å². The van der Waals surface area contributed by atoms with Crippen LogP contribution >= 0.6 is 11.6 Å². The third kappa shape index (κ3) is 2.02. The van der Waals surface area contributed by atoms with Crippen LogP contribution in [0.15, 0.2) is 24.4 Å². The molecule has 1 aromatic carbocycles. The molecule has 0 atom stereocenters. The van der Waals surface area contributed by atoms with Gasteiger partial charge in [-0.25, -0.2) is 0 Å². The van der Waals surface area contributed by atoms with Gasteiger partial charge in [0.25, 0.3) is 0 Å². The number of aryl methyl sites for hydroxylation is 1. The van der Waals surface area contributed by atoms with Crippen molar-refractivity contribution in [2.45, 2.75) is 19.9 Å². The minimum absolute atomic E-state index is 0.0825. The van der Waals surface area contributed by atoms with Gasteiger partial charge in [-0.2, -0.15) is 5.10 Å². The van der Waals surface area contributed by atoms with Crippen LogP contribution in [-0.2, 0) is 13.0 Å². The van der Waals surface area contributed by atoms with E-state index in [9.17, 15) is 4.79 Å². The van der Waals surface area contributed by atoms with E-state index in [1.165, 1.54) is 11.8 Å². The fraction of sp³-hybridized carbons (Fsp3) is 0.286. The second kappa shape index (κ2) is 4.70. The Kier molecular flexibility index (Phi) is 3.03. The lowest BCUT2D eigenvalue weighted by Crippen LogP contribution is -2.11. The van der Waals surface area contributed by atoms with Gasteiger partial charge in [0.05, 0.1) is 11.2 Å². The summed E-state index contributed by atoms with van der Waals surface area (Å²) in [5.74, 6) is -0.0825. The number of nitrogens with one attached hydrogen (secondary N) is 1. The Morgan fingerprint density at radius 2 is 2.37 bits per heavy atom. The summed E-state index contributed by atoms with van der Waals surface area (Å²) in [5, 5.41) is 7.78. The predicted octanol–water partition coefficient (Wildman–Crippen LogP) is 2.76. The maximum atomic E-state index is 12.5. The normalized spacial score (nSPS) is 13.2. The lowest BCUT2D eigenvalue weighted by Gasteiger charge is -2.07. The summed E-state index contributed by atoms with van der Waals surface area (Å²) in [5.41, 5.74) is 3.41. The first-order valence-corrected chi connectivity index (χ1v) is 6.71. The predicted molar refractivity (Wildman–Crippen MR) is 75.0 cm³/mol. The molecule has 0 radical (unpaired) electrons. The Balaban J connectivity index is 2.02. The highest BCUT2D eigenvalue weighted by molar-refractivity contribution is 6.34. The number of hydrogen-bond acceptors (Lipinski definition) is 3. The van der Waals surface area contributed by atoms with Gasteiger partial charge in [0.2, 0.25) is 5.78 Å². The summed E-state index contributed by atoms with van der Waals surface area (Å²) in [6.45, 7) is 3.49. The van der Waals surface area contributed by atoms with Gasteiger partial charge < -0.3 is 5.32 Å². The van der Waals surface area contributed by atoms with Crippen molar-refractivity contribution >= 4 is 23.1 Å². The van der Waals surface area contributed by atoms with E-state index in [2.05, 4.69) is 10.4 Å². The number of carbonyl (C=O) groups is 1. The minimum atomic E-state index is -0.0825. The van der Waals surface area contributed by atoms with Gasteiger partial charge in [0, 0.05) is 24.3 Å². The van der Waals surface area contributed by atoms with Crippen molar-refractivity contribution in [2.75, 3.05) is 11.9 Å². The molecule has 0 amide bonds. The Bertz CT molecular complexity index is 648. The molecule has 1 aliphatic rings. The first-order valence-electron chi connectivity index (χ1n) is 6.33. The lowest BCUT2D eigenvalue weighted by molar-refractivity contribution is 0.102. The molecule has 1 aromatic heterocycles. The van der Waals surface area contributed by atoms with Crippen molar-refractivity contribution in [3.63, 3.8) is 0 Å². The van der Waals surface area contributed by atoms with Crippen molar-refractivity contribution in [1.29, 1.82) is 0 Å². The molecule has 3 rings (SSSR count). The van der Waals surface area contributed by atoms with E-state index in [-0.39, 0.29) is 5.78 Å². The summed E-state index contributed by atoms with van der Waals surface area (Å²) in [4.78, 5) is 12.5. The molecular formula is C14H14ClN3O. The molecule has 0 saturated carbocycles. The van der Waals surface area contributed by atoms with E-state index in [0.717, 1.165) is 18.7 Å². The number of fused-ring (bicyclic) bond motifs is 1. The number of benzene rings is 1. The highest BCUT2D eigenvalue weighted by Gasteiger charge is 2.20. The highest BCUT2D eigenvalue weighted by Crippen LogP contribution is 2.26. The average molecular weight is 276 g/mol. The number of nitrogens with zero attached hydrogens (tertiary/aromatic N) is 2. The molecule has 0 spiro atoms. The van der Waals surface area contributed by atoms with Gasteiger partial charge in [0.1, 0.15) is 5.69 Å². The fourth-order valence-corrected chi connectivity index (χ4v) is 2.62. The molecule has 98 valence electrons. The zero-order chi connectivity index (χ0) is 13.4. The largest absolute Gasteiger partial charge is 0.384 e. The maximum Gasteiger partial charge on any atom is 0.212 e. The Labute approximate surface area is 116 Å². The molecule has 1 aliphatic heterocycles. The van der Waals surface area contributed by atoms with Crippen LogP contribution in [0.3, 0.4) is 0 Å². The van der Waals surface area contributed by atoms with Crippen molar-refractivity contribution in [3.05, 3.63) is 46.2 Å². The number of aromatic nitrogens is 2. The van der Waals surface area contributed by atoms with Crippen LogP contribution in [0, 0.1) is 0 Å². The fourth-order valence-electron chi connectivity index (χ4n) is 2.40. The van der Waals surface area contributed by atoms with Crippen LogP contribution in [0.25, 0.3) is 0 Å². The highest BCUT2D eigenvalue weighted by atomic mass is 35.5. The number of hydrogen-bond donors (Lipinski definition) is 1. The second-order valence-corrected chi connectivity index (χ2v) is 4.94. The van der Waals surface area contributed by atoms with Crippen LogP contribution in [0.5, 0.6) is 0 Å². The molecule has 0 aliphatic carbocycles. The Morgan fingerprint density at radius 1 is 1.53 bits per heavy atom. The van der Waals surface area contributed by atoms with Gasteiger partial charge in [-0.15, -0.1) is 0 Å². The third-order valence-corrected chi connectivity index (χ3v) is 3.67. The van der Waals surface area contributed by atoms with Crippen molar-refractivity contribution in [3.8, 4) is 0 Å². The molecule has 0 bridgehead atoms. The molecule has 5 heteroatoms. The molecule has 2 aromatic rings. The molecular weight excluding hydrogens is 262 g/mol. The first-order chi connectivity index (χ1) is 9.20. The van der Waals surface area contributed by atoms with Gasteiger partial charge in [-0.1, -0.05) is 23.7 Å². The summed E-state index contributed by atoms with van der Waals surface area (Å²) in [6.07, 6.45) is 2.53. The van der Waals surface area contributed by atoms with Crippen molar-refractivity contribution in [2.24, 2.45) is 0 Å². The van der Waals surface area contributed by atoms with Crippen LogP contribution in [0.2, 0.25) is 5.02 Å². The van der Waals surface area contributed by atoms with E-state index in [4.69, 9.17) is 11.6 Å². The number of rotatable bonds is 3. The van der Waals surface area contributed by atoms with Gasteiger partial charge in [-0.3, -0.25) is 9.48 Å². The third-order valence-electron chi connectivity index (χ3n) is 3.39. The SMILES string of the molecule is CCn1ncc(Cl)c1C(=O)c1ccc2c(c1)NCC2. The zero-order valence-electron chi connectivity index (χ0n) is 10.6. The second-order valence-electron chi connectivity index (χ2n) is 4.53. The quantitative estimate of drug-likeness (QED) is 0.876. The monoisotopic (exact) mass is 275 g/mol. The maximum absolute atomic E-state index is 12.5. The van der Waals surface area contributed by atoms with Gasteiger partial charge >= 0.3 is 0 Å². The lowest BCUT2D eigenvalue weighted by atomic mass is 10.0. The van der Waals surface area contributed by atoms with E-state index < -0.39 is 0 Å². The summed E-state index contributed by atoms with van der Waals surface area (Å²) in [6, 6.07) is 5.76. The molecule has 2 heterocycles. The van der Waals surface area contributed by atoms with Crippen LogP contribution < -0.4 is 5.32 Å². The van der Waals surface area contributed by atoms with Gasteiger partial charge in [-0.05, 0) is 25.0 Å². The molecule has 0 fully saturated rings. The van der Waals surface area contributed by atoms with E-state index in [1.54, 1.807) is 4.68 Å². The topological polar surface area (TPSA) is 46.9 Å². The first kappa shape index (κ1) is 12.2. The van der Waals surface area contributed by atoms with Crippen molar-refractivity contribution in [1.82, 2.24) is 9.78 Å². The Morgan fingerprint density at radius 3 is 3.16 bits per heavy atom. The molecule has 19 heavy (non-hydrogen) atoms. The molecule has 4 nitrogen and oxygen atoms in total. The van der Waals surface area contributed by atoms with Crippen LogP contribution in [0.1, 0.15) is 28.5 Å². The molecule has 0 unspecified atom stereocenters. The summed E-state index contributed by atoms with van der Waals surface area (Å²) in [7, 11) is 0. The summed E-state index contributed by atoms with van der Waals surface area (Å²) >= 11 is 6.07. The summed E-state index contributed by atoms with van der Waals surface area (Å²) < 4.78 is 1.63. The number of halogens is 1. The van der Waals surface area contributed by atoms with E-state index in [1.807, 2.05) is 25.1 Å². The number of ketones is 1. The van der Waals surface area contributed by atoms with Crippen LogP contribution in [0.4, 0.5) is 5.69 Å². The smallest absolute Gasteiger partial charge is 0.212 e. The minimum Gasteiger partial charge on any atom is -0.384 e. The molecule has 1 N–H and O–H groups in total. The molecule has 0 saturated heterocycles. The zero-order valence-corrected chi connectivity index (χ0v) is 11.4.